The zero-order valence-corrected chi connectivity index (χ0v) is 16.9. The molecule has 0 heterocycles. The fraction of sp³-hybridized carbons (Fsp3) is 0.619. The molecule has 1 aromatic rings. The van der Waals surface area contributed by atoms with E-state index in [1.807, 2.05) is 38.1 Å². The minimum atomic E-state index is -0.0000462. The Balaban J connectivity index is 1.62. The largest absolute Gasteiger partial charge is 0.489 e. The van der Waals surface area contributed by atoms with Crippen LogP contribution in [0.15, 0.2) is 29.3 Å². The van der Waals surface area contributed by atoms with Crippen molar-refractivity contribution in [1.29, 1.82) is 0 Å². The Morgan fingerprint density at radius 1 is 1.26 bits per heavy atom. The number of benzene rings is 1. The first-order valence-corrected chi connectivity index (χ1v) is 10.0. The lowest BCUT2D eigenvalue weighted by atomic mass is 9.95. The first-order valence-electron chi connectivity index (χ1n) is 10.0. The van der Waals surface area contributed by atoms with Gasteiger partial charge < -0.3 is 20.7 Å². The van der Waals surface area contributed by atoms with Crippen LogP contribution in [0.4, 0.5) is 0 Å². The van der Waals surface area contributed by atoms with Gasteiger partial charge >= 0.3 is 0 Å². The predicted octanol–water partition coefficient (Wildman–Crippen LogP) is 2.77. The van der Waals surface area contributed by atoms with E-state index in [0.29, 0.717) is 31.5 Å². The van der Waals surface area contributed by atoms with Crippen LogP contribution in [0, 0.1) is 6.92 Å². The molecule has 1 aromatic carbocycles. The van der Waals surface area contributed by atoms with E-state index in [1.165, 1.54) is 24.8 Å². The number of carbonyl (C=O) groups is 1. The summed E-state index contributed by atoms with van der Waals surface area (Å²) in [6.07, 6.45) is 6.42. The van der Waals surface area contributed by atoms with Gasteiger partial charge in [-0.15, -0.1) is 0 Å². The molecule has 27 heavy (non-hydrogen) atoms. The minimum Gasteiger partial charge on any atom is -0.489 e. The Hall–Kier alpha value is -2.24. The van der Waals surface area contributed by atoms with Crippen molar-refractivity contribution in [2.45, 2.75) is 64.5 Å². The maximum Gasteiger partial charge on any atom is 0.221 e. The molecule has 150 valence electrons. The van der Waals surface area contributed by atoms with Gasteiger partial charge in [-0.05, 0) is 44.4 Å². The number of guanidine groups is 1. The lowest BCUT2D eigenvalue weighted by molar-refractivity contribution is -0.121. The van der Waals surface area contributed by atoms with Crippen molar-refractivity contribution in [3.05, 3.63) is 29.8 Å². The molecule has 0 bridgehead atoms. The number of amides is 1. The van der Waals surface area contributed by atoms with Crippen LogP contribution < -0.4 is 20.7 Å². The van der Waals surface area contributed by atoms with Crippen molar-refractivity contribution in [2.75, 3.05) is 20.1 Å². The van der Waals surface area contributed by atoms with Gasteiger partial charge in [0.25, 0.3) is 0 Å². The molecule has 0 saturated heterocycles. The van der Waals surface area contributed by atoms with Gasteiger partial charge in [-0.25, -0.2) is 0 Å². The molecule has 6 heteroatoms. The summed E-state index contributed by atoms with van der Waals surface area (Å²) in [6.45, 7) is 5.25. The summed E-state index contributed by atoms with van der Waals surface area (Å²) < 4.78 is 5.91. The molecule has 2 rings (SSSR count). The molecule has 0 spiro atoms. The van der Waals surface area contributed by atoms with E-state index in [-0.39, 0.29) is 12.0 Å². The van der Waals surface area contributed by atoms with E-state index in [4.69, 9.17) is 4.74 Å². The molecule has 1 fully saturated rings. The summed E-state index contributed by atoms with van der Waals surface area (Å²) in [5.74, 6) is 1.66. The Labute approximate surface area is 163 Å². The third-order valence-electron chi connectivity index (χ3n) is 4.72. The molecule has 1 atom stereocenters. The quantitative estimate of drug-likeness (QED) is 0.483. The summed E-state index contributed by atoms with van der Waals surface area (Å²) in [5.41, 5.74) is 1.18. The lowest BCUT2D eigenvalue weighted by Gasteiger charge is -2.23. The Bertz CT molecular complexity index is 612. The topological polar surface area (TPSA) is 74.8 Å². The van der Waals surface area contributed by atoms with E-state index < -0.39 is 0 Å². The van der Waals surface area contributed by atoms with Crippen LogP contribution >= 0.6 is 0 Å². The summed E-state index contributed by atoms with van der Waals surface area (Å²) in [7, 11) is 1.73. The second-order valence-corrected chi connectivity index (χ2v) is 7.28. The van der Waals surface area contributed by atoms with Crippen LogP contribution in [-0.2, 0) is 4.79 Å². The fourth-order valence-electron chi connectivity index (χ4n) is 3.26. The van der Waals surface area contributed by atoms with Crippen LogP contribution in [0.2, 0.25) is 0 Å². The van der Waals surface area contributed by atoms with E-state index in [0.717, 1.165) is 18.6 Å². The van der Waals surface area contributed by atoms with E-state index >= 15 is 0 Å². The normalized spacial score (nSPS) is 16.5. The second-order valence-electron chi connectivity index (χ2n) is 7.28. The number of rotatable bonds is 8. The van der Waals surface area contributed by atoms with Gasteiger partial charge in [-0.2, -0.15) is 0 Å². The lowest BCUT2D eigenvalue weighted by Crippen LogP contribution is -2.43. The van der Waals surface area contributed by atoms with Crippen LogP contribution in [-0.4, -0.2) is 44.1 Å². The highest BCUT2D eigenvalue weighted by atomic mass is 16.5. The van der Waals surface area contributed by atoms with Gasteiger partial charge in [0.15, 0.2) is 5.96 Å². The molecule has 6 nitrogen and oxygen atoms in total. The number of nitrogens with one attached hydrogen (secondary N) is 3. The molecule has 1 aliphatic carbocycles. The predicted molar refractivity (Wildman–Crippen MR) is 110 cm³/mol. The van der Waals surface area contributed by atoms with Crippen LogP contribution in [0.1, 0.15) is 51.0 Å². The van der Waals surface area contributed by atoms with Crippen LogP contribution in [0.3, 0.4) is 0 Å². The molecule has 0 radical (unpaired) electrons. The maximum atomic E-state index is 12.0. The summed E-state index contributed by atoms with van der Waals surface area (Å²) in [4.78, 5) is 16.2. The molecule has 1 unspecified atom stereocenters. The summed E-state index contributed by atoms with van der Waals surface area (Å²) >= 11 is 0. The second kappa shape index (κ2) is 11.5. The van der Waals surface area contributed by atoms with E-state index in [2.05, 4.69) is 20.9 Å². The average molecular weight is 375 g/mol. The number of hydrogen-bond acceptors (Lipinski definition) is 3. The SMILES string of the molecule is CN=C(NCCC(=O)NC1CCCCC1)NCC(C)Oc1cccc(C)c1. The summed E-state index contributed by atoms with van der Waals surface area (Å²) in [5, 5.41) is 9.56. The van der Waals surface area contributed by atoms with Crippen LogP contribution in [0.25, 0.3) is 0 Å². The van der Waals surface area contributed by atoms with Crippen molar-refractivity contribution in [3.63, 3.8) is 0 Å². The number of carbonyl (C=O) groups excluding carboxylic acids is 1. The Kier molecular flexibility index (Phi) is 8.95. The van der Waals surface area contributed by atoms with Gasteiger partial charge in [-0.1, -0.05) is 31.4 Å². The highest BCUT2D eigenvalue weighted by molar-refractivity contribution is 5.81. The highest BCUT2D eigenvalue weighted by Gasteiger charge is 2.15. The third-order valence-corrected chi connectivity index (χ3v) is 4.72. The van der Waals surface area contributed by atoms with Crippen molar-refractivity contribution in [3.8, 4) is 5.75 Å². The number of nitrogens with zero attached hydrogens (tertiary/aromatic N) is 1. The summed E-state index contributed by atoms with van der Waals surface area (Å²) in [6, 6.07) is 8.38. The number of aliphatic imine (C=N–C) groups is 1. The molecule has 1 amide bonds. The van der Waals surface area contributed by atoms with Crippen LogP contribution in [0.5, 0.6) is 5.75 Å². The van der Waals surface area contributed by atoms with Gasteiger partial charge in [0.05, 0.1) is 6.54 Å². The molecule has 1 aliphatic rings. The monoisotopic (exact) mass is 374 g/mol. The first kappa shape index (κ1) is 21.1. The van der Waals surface area contributed by atoms with Gasteiger partial charge in [0, 0.05) is 26.1 Å². The maximum absolute atomic E-state index is 12.0. The van der Waals surface area contributed by atoms with Gasteiger partial charge in [0.2, 0.25) is 5.91 Å². The standard InChI is InChI=1S/C21H34N4O2/c1-16-8-7-11-19(14-16)27-17(2)15-24-21(22-3)23-13-12-20(26)25-18-9-5-4-6-10-18/h7-8,11,14,17-18H,4-6,9-10,12-13,15H2,1-3H3,(H,25,26)(H2,22,23,24). The van der Waals surface area contributed by atoms with Crippen molar-refractivity contribution in [2.24, 2.45) is 4.99 Å². The number of ether oxygens (including phenoxy) is 1. The highest BCUT2D eigenvalue weighted by Crippen LogP contribution is 2.17. The molecule has 3 N–H and O–H groups in total. The van der Waals surface area contributed by atoms with Gasteiger partial charge in [-0.3, -0.25) is 9.79 Å². The van der Waals surface area contributed by atoms with Gasteiger partial charge in [0.1, 0.15) is 11.9 Å². The van der Waals surface area contributed by atoms with E-state index in [1.54, 1.807) is 7.05 Å². The first-order chi connectivity index (χ1) is 13.1. The number of aryl methyl sites for hydroxylation is 1. The zero-order chi connectivity index (χ0) is 19.5. The third kappa shape index (κ3) is 8.33. The zero-order valence-electron chi connectivity index (χ0n) is 16.9. The average Bonchev–Trinajstić information content (AvgIpc) is 2.65. The number of hydrogen-bond donors (Lipinski definition) is 3. The van der Waals surface area contributed by atoms with Crippen molar-refractivity contribution >= 4 is 11.9 Å². The molecule has 1 saturated carbocycles. The Morgan fingerprint density at radius 2 is 2.04 bits per heavy atom. The fourth-order valence-corrected chi connectivity index (χ4v) is 3.26. The molecule has 0 aromatic heterocycles. The van der Waals surface area contributed by atoms with Crippen molar-refractivity contribution < 1.29 is 9.53 Å². The Morgan fingerprint density at radius 3 is 2.74 bits per heavy atom. The molecular formula is C21H34N4O2. The van der Waals surface area contributed by atoms with Crippen molar-refractivity contribution in [1.82, 2.24) is 16.0 Å². The molecular weight excluding hydrogens is 340 g/mol. The van der Waals surface area contributed by atoms with E-state index in [9.17, 15) is 4.79 Å². The smallest absolute Gasteiger partial charge is 0.221 e. The minimum absolute atomic E-state index is 0.0000462. The molecule has 0 aliphatic heterocycles.